The van der Waals surface area contributed by atoms with Crippen LogP contribution in [-0.2, 0) is 16.2 Å². The largest absolute Gasteiger partial charge is 0.496 e. The van der Waals surface area contributed by atoms with Crippen molar-refractivity contribution in [2.45, 2.75) is 18.0 Å². The lowest BCUT2D eigenvalue weighted by molar-refractivity contribution is -0.140. The maximum Gasteiger partial charge on any atom is 0.433 e. The summed E-state index contributed by atoms with van der Waals surface area (Å²) >= 11 is 0. The first-order chi connectivity index (χ1) is 13.0. The topological polar surface area (TPSA) is 98.1 Å². The Bertz CT molecular complexity index is 1120. The summed E-state index contributed by atoms with van der Waals surface area (Å²) < 4.78 is 68.6. The molecule has 0 aliphatic carbocycles. The molecule has 0 saturated carbocycles. The minimum atomic E-state index is -4.66. The highest BCUT2D eigenvalue weighted by Gasteiger charge is 2.38. The predicted octanol–water partition coefficient (Wildman–Crippen LogP) is 3.73. The van der Waals surface area contributed by atoms with Crippen molar-refractivity contribution in [3.63, 3.8) is 0 Å². The Morgan fingerprint density at radius 2 is 1.68 bits per heavy atom. The monoisotopic (exact) mass is 411 g/mol. The average molecular weight is 411 g/mol. The number of aryl methyl sites for hydroxylation is 1. The number of primary sulfonamides is 1. The molecule has 0 bridgehead atoms. The van der Waals surface area contributed by atoms with Crippen LogP contribution in [-0.4, -0.2) is 25.7 Å². The second-order valence-corrected chi connectivity index (χ2v) is 7.64. The molecule has 0 saturated heterocycles. The van der Waals surface area contributed by atoms with Crippen LogP contribution in [0.4, 0.5) is 13.2 Å². The molecule has 1 heterocycles. The van der Waals surface area contributed by atoms with E-state index in [1.54, 1.807) is 19.1 Å². The second kappa shape index (κ2) is 6.95. The highest BCUT2D eigenvalue weighted by molar-refractivity contribution is 7.89. The van der Waals surface area contributed by atoms with Gasteiger partial charge >= 0.3 is 6.18 Å². The zero-order valence-electron chi connectivity index (χ0n) is 14.8. The van der Waals surface area contributed by atoms with Crippen molar-refractivity contribution in [2.75, 3.05) is 7.11 Å². The van der Waals surface area contributed by atoms with Gasteiger partial charge in [-0.3, -0.25) is 5.10 Å². The number of halogens is 3. The van der Waals surface area contributed by atoms with Gasteiger partial charge in [0.15, 0.2) is 0 Å². The van der Waals surface area contributed by atoms with Crippen LogP contribution in [0.15, 0.2) is 47.4 Å². The summed E-state index contributed by atoms with van der Waals surface area (Å²) in [5, 5.41) is 11.0. The molecule has 0 amide bonds. The Kier molecular flexibility index (Phi) is 4.94. The second-order valence-electron chi connectivity index (χ2n) is 6.07. The van der Waals surface area contributed by atoms with E-state index in [0.717, 1.165) is 0 Å². The molecule has 6 nitrogen and oxygen atoms in total. The minimum Gasteiger partial charge on any atom is -0.496 e. The third-order valence-electron chi connectivity index (χ3n) is 4.19. The van der Waals surface area contributed by atoms with Crippen molar-refractivity contribution in [3.8, 4) is 28.1 Å². The first-order valence-electron chi connectivity index (χ1n) is 7.96. The molecule has 0 fully saturated rings. The van der Waals surface area contributed by atoms with Gasteiger partial charge in [0.2, 0.25) is 10.0 Å². The molecule has 2 aromatic carbocycles. The highest BCUT2D eigenvalue weighted by Crippen LogP contribution is 2.42. The SMILES string of the molecule is COc1ccc(-c2c(-c3ccc(S(N)(=O)=O)cc3)n[nH]c2C(F)(F)F)cc1C. The lowest BCUT2D eigenvalue weighted by Crippen LogP contribution is -2.11. The molecule has 148 valence electrons. The number of nitrogens with two attached hydrogens (primary N) is 1. The van der Waals surface area contributed by atoms with Crippen LogP contribution in [0.2, 0.25) is 0 Å². The number of hydrogen-bond donors (Lipinski definition) is 2. The van der Waals surface area contributed by atoms with Gasteiger partial charge in [-0.1, -0.05) is 18.2 Å². The number of hydrogen-bond acceptors (Lipinski definition) is 4. The third kappa shape index (κ3) is 3.73. The summed E-state index contributed by atoms with van der Waals surface area (Å²) in [6, 6.07) is 9.80. The maximum absolute atomic E-state index is 13.5. The van der Waals surface area contributed by atoms with Gasteiger partial charge in [-0.15, -0.1) is 0 Å². The van der Waals surface area contributed by atoms with Crippen molar-refractivity contribution in [3.05, 3.63) is 53.7 Å². The maximum atomic E-state index is 13.5. The molecular formula is C18H16F3N3O3S. The number of sulfonamides is 1. The van der Waals surface area contributed by atoms with Crippen LogP contribution in [0, 0.1) is 6.92 Å². The lowest BCUT2D eigenvalue weighted by Gasteiger charge is -2.12. The molecule has 0 aliphatic heterocycles. The van der Waals surface area contributed by atoms with Crippen molar-refractivity contribution < 1.29 is 26.3 Å². The molecule has 3 aromatic rings. The van der Waals surface area contributed by atoms with Crippen molar-refractivity contribution in [2.24, 2.45) is 5.14 Å². The molecule has 0 spiro atoms. The Morgan fingerprint density at radius 1 is 1.07 bits per heavy atom. The first-order valence-corrected chi connectivity index (χ1v) is 9.51. The highest BCUT2D eigenvalue weighted by atomic mass is 32.2. The van der Waals surface area contributed by atoms with Crippen molar-refractivity contribution >= 4 is 10.0 Å². The standard InChI is InChI=1S/C18H16F3N3O3S/c1-10-9-12(5-8-14(10)27-2)15-16(23-24-17(15)18(19,20)21)11-3-6-13(7-4-11)28(22,25)26/h3-9H,1-2H3,(H,23,24)(H2,22,25,26). The van der Waals surface area contributed by atoms with E-state index in [1.807, 2.05) is 0 Å². The predicted molar refractivity (Wildman–Crippen MR) is 97.1 cm³/mol. The van der Waals surface area contributed by atoms with E-state index < -0.39 is 21.9 Å². The number of aromatic nitrogens is 2. The lowest BCUT2D eigenvalue weighted by atomic mass is 9.97. The number of alkyl halides is 3. The number of benzene rings is 2. The van der Waals surface area contributed by atoms with Crippen LogP contribution in [0.1, 0.15) is 11.3 Å². The fourth-order valence-corrected chi connectivity index (χ4v) is 3.39. The molecule has 0 unspecified atom stereocenters. The molecule has 1 aromatic heterocycles. The summed E-state index contributed by atoms with van der Waals surface area (Å²) in [5.41, 5.74) is 0.166. The smallest absolute Gasteiger partial charge is 0.433 e. The number of aromatic amines is 1. The summed E-state index contributed by atoms with van der Waals surface area (Å²) in [4.78, 5) is -0.148. The number of H-pyrrole nitrogens is 1. The molecule has 28 heavy (non-hydrogen) atoms. The first kappa shape index (κ1) is 19.9. The Balaban J connectivity index is 2.21. The molecule has 3 N–H and O–H groups in total. The van der Waals surface area contributed by atoms with Crippen LogP contribution in [0.3, 0.4) is 0 Å². The van der Waals surface area contributed by atoms with E-state index >= 15 is 0 Å². The fourth-order valence-electron chi connectivity index (χ4n) is 2.87. The van der Waals surface area contributed by atoms with Gasteiger partial charge in [-0.2, -0.15) is 18.3 Å². The van der Waals surface area contributed by atoms with Gasteiger partial charge < -0.3 is 4.74 Å². The summed E-state index contributed by atoms with van der Waals surface area (Å²) in [6.07, 6.45) is -4.66. The minimum absolute atomic E-state index is 0.0397. The third-order valence-corrected chi connectivity index (χ3v) is 5.12. The van der Waals surface area contributed by atoms with E-state index in [1.165, 1.54) is 37.4 Å². The van der Waals surface area contributed by atoms with E-state index in [0.29, 0.717) is 22.4 Å². The van der Waals surface area contributed by atoms with Gasteiger partial charge in [-0.25, -0.2) is 13.6 Å². The van der Waals surface area contributed by atoms with Gasteiger partial charge in [0.05, 0.1) is 12.0 Å². The van der Waals surface area contributed by atoms with E-state index in [-0.39, 0.29) is 16.2 Å². The van der Waals surface area contributed by atoms with Crippen molar-refractivity contribution in [1.82, 2.24) is 10.2 Å². The normalized spacial score (nSPS) is 12.2. The van der Waals surface area contributed by atoms with Crippen LogP contribution in [0.25, 0.3) is 22.4 Å². The molecular weight excluding hydrogens is 395 g/mol. The Morgan fingerprint density at radius 3 is 2.18 bits per heavy atom. The molecule has 3 rings (SSSR count). The van der Waals surface area contributed by atoms with Gasteiger partial charge in [-0.05, 0) is 42.3 Å². The number of nitrogens with zero attached hydrogens (tertiary/aromatic N) is 1. The van der Waals surface area contributed by atoms with E-state index in [2.05, 4.69) is 10.2 Å². The fraction of sp³-hybridized carbons (Fsp3) is 0.167. The number of ether oxygens (including phenoxy) is 1. The van der Waals surface area contributed by atoms with Crippen molar-refractivity contribution in [1.29, 1.82) is 0 Å². The molecule has 0 aliphatic rings. The number of rotatable bonds is 4. The number of nitrogens with one attached hydrogen (secondary N) is 1. The zero-order chi connectivity index (χ0) is 20.7. The average Bonchev–Trinajstić information content (AvgIpc) is 3.06. The van der Waals surface area contributed by atoms with Crippen LogP contribution < -0.4 is 9.88 Å². The summed E-state index contributed by atoms with van der Waals surface area (Å²) in [5.74, 6) is 0.542. The van der Waals surface area contributed by atoms with Crippen LogP contribution >= 0.6 is 0 Å². The summed E-state index contributed by atoms with van der Waals surface area (Å²) in [7, 11) is -2.45. The Hall–Kier alpha value is -2.85. The van der Waals surface area contributed by atoms with E-state index in [9.17, 15) is 21.6 Å². The quantitative estimate of drug-likeness (QED) is 0.684. The van der Waals surface area contributed by atoms with Gasteiger partial charge in [0, 0.05) is 11.1 Å². The summed E-state index contributed by atoms with van der Waals surface area (Å²) in [6.45, 7) is 1.72. The molecule has 0 atom stereocenters. The number of methoxy groups -OCH3 is 1. The molecule has 0 radical (unpaired) electrons. The zero-order valence-corrected chi connectivity index (χ0v) is 15.6. The Labute approximate surface area is 159 Å². The van der Waals surface area contributed by atoms with Gasteiger partial charge in [0.1, 0.15) is 17.1 Å². The van der Waals surface area contributed by atoms with E-state index in [4.69, 9.17) is 9.88 Å². The van der Waals surface area contributed by atoms with Gasteiger partial charge in [0.25, 0.3) is 0 Å². The van der Waals surface area contributed by atoms with Crippen LogP contribution in [0.5, 0.6) is 5.75 Å². The molecule has 10 heteroatoms.